The van der Waals surface area contributed by atoms with Gasteiger partial charge >= 0.3 is 0 Å². The van der Waals surface area contributed by atoms with Crippen LogP contribution in [-0.4, -0.2) is 29.8 Å². The summed E-state index contributed by atoms with van der Waals surface area (Å²) in [5.41, 5.74) is 1.17. The van der Waals surface area contributed by atoms with E-state index in [9.17, 15) is 4.79 Å². The minimum Gasteiger partial charge on any atom is -0.469 e. The van der Waals surface area contributed by atoms with Gasteiger partial charge in [0.05, 0.1) is 18.2 Å². The molecule has 2 bridgehead atoms. The number of Topliss-reactive ketones (excluding diaryl/α,β-unsaturated/α-hetero) is 1. The van der Waals surface area contributed by atoms with Crippen molar-refractivity contribution in [1.29, 1.82) is 0 Å². The van der Waals surface area contributed by atoms with E-state index in [0.717, 1.165) is 31.7 Å². The fraction of sp³-hybridized carbons (Fsp3) is 0.389. The predicted molar refractivity (Wildman–Crippen MR) is 80.1 cm³/mol. The molecule has 1 aromatic heterocycles. The Labute approximate surface area is 124 Å². The number of hydrogen-bond acceptors (Lipinski definition) is 3. The van der Waals surface area contributed by atoms with Gasteiger partial charge < -0.3 is 4.42 Å². The van der Waals surface area contributed by atoms with E-state index in [1.807, 2.05) is 30.3 Å². The zero-order valence-electron chi connectivity index (χ0n) is 11.9. The molecule has 3 aliphatic heterocycles. The summed E-state index contributed by atoms with van der Waals surface area (Å²) in [5, 5.41) is 0. The molecule has 3 nitrogen and oxygen atoms in total. The van der Waals surface area contributed by atoms with Gasteiger partial charge in [0, 0.05) is 5.92 Å². The van der Waals surface area contributed by atoms with E-state index >= 15 is 0 Å². The Kier molecular flexibility index (Phi) is 3.15. The van der Waals surface area contributed by atoms with Crippen LogP contribution in [0.3, 0.4) is 0 Å². The van der Waals surface area contributed by atoms with Crippen molar-refractivity contribution in [3.05, 3.63) is 60.1 Å². The Hall–Kier alpha value is -1.87. The zero-order chi connectivity index (χ0) is 14.2. The van der Waals surface area contributed by atoms with Gasteiger partial charge in [0.2, 0.25) is 0 Å². The summed E-state index contributed by atoms with van der Waals surface area (Å²) < 4.78 is 5.68. The summed E-state index contributed by atoms with van der Waals surface area (Å²) in [5.74, 6) is 1.56. The van der Waals surface area contributed by atoms with Crippen LogP contribution in [0.1, 0.15) is 30.1 Å². The number of ketones is 1. The lowest BCUT2D eigenvalue weighted by Crippen LogP contribution is -2.57. The van der Waals surface area contributed by atoms with E-state index in [1.54, 1.807) is 6.26 Å². The van der Waals surface area contributed by atoms with Crippen molar-refractivity contribution in [2.75, 3.05) is 13.1 Å². The van der Waals surface area contributed by atoms with Gasteiger partial charge in [-0.1, -0.05) is 30.3 Å². The summed E-state index contributed by atoms with van der Waals surface area (Å²) >= 11 is 0. The van der Waals surface area contributed by atoms with Gasteiger partial charge in [-0.3, -0.25) is 9.69 Å². The Morgan fingerprint density at radius 2 is 1.81 bits per heavy atom. The average molecular weight is 281 g/mol. The molecule has 5 rings (SSSR count). The van der Waals surface area contributed by atoms with Crippen LogP contribution in [0.15, 0.2) is 53.1 Å². The number of hydrogen-bond donors (Lipinski definition) is 0. The maximum absolute atomic E-state index is 12.8. The average Bonchev–Trinajstić information content (AvgIpc) is 3.06. The summed E-state index contributed by atoms with van der Waals surface area (Å²) in [6, 6.07) is 14.1. The molecular formula is C18H19NO2. The second-order valence-corrected chi connectivity index (χ2v) is 6.06. The van der Waals surface area contributed by atoms with Gasteiger partial charge in [0.15, 0.2) is 5.78 Å². The Morgan fingerprint density at radius 1 is 1.05 bits per heavy atom. The molecule has 0 aliphatic carbocycles. The largest absolute Gasteiger partial charge is 0.469 e. The lowest BCUT2D eigenvalue weighted by atomic mass is 9.74. The summed E-state index contributed by atoms with van der Waals surface area (Å²) in [7, 11) is 0. The molecule has 0 spiro atoms. The molecule has 21 heavy (non-hydrogen) atoms. The van der Waals surface area contributed by atoms with Crippen LogP contribution >= 0.6 is 0 Å². The van der Waals surface area contributed by atoms with Gasteiger partial charge in [0.1, 0.15) is 5.76 Å². The third-order valence-corrected chi connectivity index (χ3v) is 4.94. The van der Waals surface area contributed by atoms with Crippen molar-refractivity contribution in [2.24, 2.45) is 5.92 Å². The molecular weight excluding hydrogens is 262 g/mol. The molecule has 2 unspecified atom stereocenters. The fourth-order valence-corrected chi connectivity index (χ4v) is 3.89. The highest BCUT2D eigenvalue weighted by atomic mass is 16.3. The molecule has 3 saturated heterocycles. The highest BCUT2D eigenvalue weighted by Crippen LogP contribution is 2.39. The van der Waals surface area contributed by atoms with Crippen LogP contribution in [0.4, 0.5) is 0 Å². The summed E-state index contributed by atoms with van der Waals surface area (Å²) in [6.07, 6.45) is 3.75. The number of benzene rings is 1. The first-order valence-corrected chi connectivity index (χ1v) is 7.71. The van der Waals surface area contributed by atoms with Gasteiger partial charge in [-0.15, -0.1) is 0 Å². The number of piperidine rings is 3. The number of fused-ring (bicyclic) bond motifs is 3. The standard InChI is InChI=1S/C18H19NO2/c20-18-14-8-10-19(11-9-14)17(18)16(15-7-4-12-21-15)13-5-2-1-3-6-13/h1-7,12,14,16-17H,8-11H2. The third kappa shape index (κ3) is 2.12. The molecule has 0 radical (unpaired) electrons. The first-order chi connectivity index (χ1) is 10.3. The topological polar surface area (TPSA) is 33.5 Å². The van der Waals surface area contributed by atoms with Crippen LogP contribution in [0, 0.1) is 5.92 Å². The quantitative estimate of drug-likeness (QED) is 0.867. The molecule has 1 aromatic carbocycles. The van der Waals surface area contributed by atoms with E-state index < -0.39 is 0 Å². The number of nitrogens with zero attached hydrogens (tertiary/aromatic N) is 1. The van der Waals surface area contributed by atoms with Crippen LogP contribution in [0.5, 0.6) is 0 Å². The molecule has 4 heterocycles. The van der Waals surface area contributed by atoms with E-state index in [-0.39, 0.29) is 17.9 Å². The third-order valence-electron chi connectivity index (χ3n) is 4.94. The predicted octanol–water partition coefficient (Wildman–Crippen LogP) is 3.07. The Morgan fingerprint density at radius 3 is 2.43 bits per heavy atom. The van der Waals surface area contributed by atoms with Crippen molar-refractivity contribution < 1.29 is 9.21 Å². The van der Waals surface area contributed by atoms with Crippen LogP contribution < -0.4 is 0 Å². The maximum Gasteiger partial charge on any atom is 0.154 e. The van der Waals surface area contributed by atoms with Gasteiger partial charge in [0.25, 0.3) is 0 Å². The number of furan rings is 1. The smallest absolute Gasteiger partial charge is 0.154 e. The van der Waals surface area contributed by atoms with E-state index in [2.05, 4.69) is 17.0 Å². The van der Waals surface area contributed by atoms with E-state index in [1.165, 1.54) is 5.56 Å². The summed E-state index contributed by atoms with van der Waals surface area (Å²) in [6.45, 7) is 2.07. The normalized spacial score (nSPS) is 29.5. The SMILES string of the molecule is O=C1C2CCN(CC2)C1C(c1ccccc1)c1ccco1. The molecule has 2 aromatic rings. The molecule has 0 N–H and O–H groups in total. The molecule has 0 amide bonds. The lowest BCUT2D eigenvalue weighted by Gasteiger charge is -2.46. The monoisotopic (exact) mass is 281 g/mol. The van der Waals surface area contributed by atoms with Crippen LogP contribution in [-0.2, 0) is 4.79 Å². The number of carbonyl (C=O) groups is 1. The lowest BCUT2D eigenvalue weighted by molar-refractivity contribution is -0.137. The molecule has 3 heteroatoms. The van der Waals surface area contributed by atoms with Crippen LogP contribution in [0.2, 0.25) is 0 Å². The zero-order valence-corrected chi connectivity index (χ0v) is 11.9. The Balaban J connectivity index is 1.78. The first-order valence-electron chi connectivity index (χ1n) is 7.71. The second kappa shape index (κ2) is 5.15. The number of carbonyl (C=O) groups excluding carboxylic acids is 1. The van der Waals surface area contributed by atoms with Crippen molar-refractivity contribution >= 4 is 5.78 Å². The molecule has 3 aliphatic rings. The molecule has 0 saturated carbocycles. The highest BCUT2D eigenvalue weighted by Gasteiger charge is 2.46. The van der Waals surface area contributed by atoms with Crippen molar-refractivity contribution in [3.63, 3.8) is 0 Å². The number of rotatable bonds is 3. The Bertz CT molecular complexity index is 612. The van der Waals surface area contributed by atoms with Crippen molar-refractivity contribution in [1.82, 2.24) is 4.90 Å². The van der Waals surface area contributed by atoms with Gasteiger partial charge in [-0.2, -0.15) is 0 Å². The highest BCUT2D eigenvalue weighted by molar-refractivity contribution is 5.89. The van der Waals surface area contributed by atoms with Crippen molar-refractivity contribution in [2.45, 2.75) is 24.8 Å². The minimum absolute atomic E-state index is 0.0109. The van der Waals surface area contributed by atoms with E-state index in [4.69, 9.17) is 4.42 Å². The molecule has 3 fully saturated rings. The van der Waals surface area contributed by atoms with Crippen molar-refractivity contribution in [3.8, 4) is 0 Å². The van der Waals surface area contributed by atoms with Crippen LogP contribution in [0.25, 0.3) is 0 Å². The fourth-order valence-electron chi connectivity index (χ4n) is 3.89. The second-order valence-electron chi connectivity index (χ2n) is 6.06. The minimum atomic E-state index is -0.0638. The summed E-state index contributed by atoms with van der Waals surface area (Å²) in [4.78, 5) is 15.2. The van der Waals surface area contributed by atoms with Gasteiger partial charge in [-0.25, -0.2) is 0 Å². The molecule has 2 atom stereocenters. The first kappa shape index (κ1) is 12.8. The maximum atomic E-state index is 12.8. The molecule has 108 valence electrons. The van der Waals surface area contributed by atoms with E-state index in [0.29, 0.717) is 5.78 Å². The van der Waals surface area contributed by atoms with Gasteiger partial charge in [-0.05, 0) is 43.6 Å².